The van der Waals surface area contributed by atoms with Gasteiger partial charge in [-0.3, -0.25) is 0 Å². The maximum absolute atomic E-state index is 6.10. The Hall–Kier alpha value is -2.54. The number of halogens is 1. The van der Waals surface area contributed by atoms with E-state index >= 15 is 0 Å². The molecular weight excluding hydrogens is 408 g/mol. The van der Waals surface area contributed by atoms with Gasteiger partial charge in [-0.1, -0.05) is 36.4 Å². The first-order valence-corrected chi connectivity index (χ1v) is 10.3. The van der Waals surface area contributed by atoms with Crippen LogP contribution in [0, 0.1) is 0 Å². The standard InChI is InChI=1S/C21H18N4S2.ClH/c22-21(19-10-5-11-26-19)24-16-7-4-6-15(12-16)18-13-23-20(25-18)14-27-17-8-2-1-3-9-17;/h1-13H,14H2,(H2,22,24)(H,23,25);1H. The molecule has 0 aliphatic carbocycles. The SMILES string of the molecule is Cl.NC(=Nc1cccc(-c2c[nH]c(CSc3ccccc3)n2)c1)c1cccs1. The fraction of sp³-hybridized carbons (Fsp3) is 0.0476. The Labute approximate surface area is 178 Å². The second-order valence-corrected chi connectivity index (χ2v) is 7.86. The van der Waals surface area contributed by atoms with Crippen LogP contribution in [0.2, 0.25) is 0 Å². The molecular formula is C21H19ClN4S2. The van der Waals surface area contributed by atoms with E-state index in [1.165, 1.54) is 4.90 Å². The van der Waals surface area contributed by atoms with Gasteiger partial charge in [0.2, 0.25) is 0 Å². The van der Waals surface area contributed by atoms with Gasteiger partial charge in [-0.15, -0.1) is 35.5 Å². The summed E-state index contributed by atoms with van der Waals surface area (Å²) < 4.78 is 0. The lowest BCUT2D eigenvalue weighted by molar-refractivity contribution is 1.12. The summed E-state index contributed by atoms with van der Waals surface area (Å²) in [5.74, 6) is 2.28. The molecule has 7 heteroatoms. The smallest absolute Gasteiger partial charge is 0.141 e. The first-order valence-electron chi connectivity index (χ1n) is 8.48. The van der Waals surface area contributed by atoms with E-state index in [0.29, 0.717) is 5.84 Å². The quantitative estimate of drug-likeness (QED) is 0.229. The molecule has 28 heavy (non-hydrogen) atoms. The summed E-state index contributed by atoms with van der Waals surface area (Å²) >= 11 is 3.34. The van der Waals surface area contributed by atoms with Crippen LogP contribution in [0.5, 0.6) is 0 Å². The van der Waals surface area contributed by atoms with Crippen LogP contribution in [0.3, 0.4) is 0 Å². The zero-order valence-electron chi connectivity index (χ0n) is 14.9. The number of H-pyrrole nitrogens is 1. The van der Waals surface area contributed by atoms with Gasteiger partial charge in [-0.2, -0.15) is 0 Å². The van der Waals surface area contributed by atoms with Gasteiger partial charge < -0.3 is 10.7 Å². The highest BCUT2D eigenvalue weighted by molar-refractivity contribution is 7.98. The first kappa shape index (κ1) is 20.2. The molecule has 0 unspecified atom stereocenters. The number of hydrogen-bond donors (Lipinski definition) is 2. The summed E-state index contributed by atoms with van der Waals surface area (Å²) in [7, 11) is 0. The highest BCUT2D eigenvalue weighted by Gasteiger charge is 2.06. The third-order valence-corrected chi connectivity index (χ3v) is 5.83. The molecule has 2 aromatic heterocycles. The fourth-order valence-electron chi connectivity index (χ4n) is 2.61. The summed E-state index contributed by atoms with van der Waals surface area (Å²) in [5, 5.41) is 1.99. The number of thioether (sulfide) groups is 1. The molecule has 4 aromatic rings. The Morgan fingerprint density at radius 1 is 1.07 bits per heavy atom. The van der Waals surface area contributed by atoms with Crippen molar-refractivity contribution < 1.29 is 0 Å². The molecule has 0 bridgehead atoms. The average molecular weight is 427 g/mol. The number of nitrogens with zero attached hydrogens (tertiary/aromatic N) is 2. The van der Waals surface area contributed by atoms with Gasteiger partial charge in [0, 0.05) is 16.7 Å². The van der Waals surface area contributed by atoms with Crippen molar-refractivity contribution in [3.05, 3.63) is 89.0 Å². The predicted molar refractivity (Wildman–Crippen MR) is 122 cm³/mol. The molecule has 0 atom stereocenters. The number of aromatic amines is 1. The van der Waals surface area contributed by atoms with Crippen molar-refractivity contribution in [2.75, 3.05) is 0 Å². The Kier molecular flexibility index (Phi) is 6.92. The predicted octanol–water partition coefficient (Wildman–Crippen LogP) is 5.89. The molecule has 2 aromatic carbocycles. The number of rotatable bonds is 6. The van der Waals surface area contributed by atoms with Crippen LogP contribution >= 0.6 is 35.5 Å². The molecule has 0 amide bonds. The Morgan fingerprint density at radius 3 is 2.71 bits per heavy atom. The van der Waals surface area contributed by atoms with E-state index < -0.39 is 0 Å². The third-order valence-electron chi connectivity index (χ3n) is 3.91. The first-order chi connectivity index (χ1) is 13.3. The summed E-state index contributed by atoms with van der Waals surface area (Å²) in [5.41, 5.74) is 8.84. The van der Waals surface area contributed by atoms with E-state index in [1.807, 2.05) is 66.2 Å². The van der Waals surface area contributed by atoms with Crippen LogP contribution < -0.4 is 5.73 Å². The normalized spacial score (nSPS) is 11.2. The Morgan fingerprint density at radius 2 is 1.93 bits per heavy atom. The van der Waals surface area contributed by atoms with Gasteiger partial charge in [0.1, 0.15) is 11.7 Å². The van der Waals surface area contributed by atoms with E-state index in [1.54, 1.807) is 23.1 Å². The van der Waals surface area contributed by atoms with Crippen LogP contribution in [0.1, 0.15) is 10.7 Å². The highest BCUT2D eigenvalue weighted by atomic mass is 35.5. The van der Waals surface area contributed by atoms with Crippen molar-refractivity contribution in [2.45, 2.75) is 10.6 Å². The highest BCUT2D eigenvalue weighted by Crippen LogP contribution is 2.26. The minimum absolute atomic E-state index is 0. The molecule has 142 valence electrons. The van der Waals surface area contributed by atoms with E-state index in [2.05, 4.69) is 22.1 Å². The molecule has 0 spiro atoms. The molecule has 0 radical (unpaired) electrons. The fourth-order valence-corrected chi connectivity index (χ4v) is 4.03. The summed E-state index contributed by atoms with van der Waals surface area (Å²) in [6.07, 6.45) is 1.94. The Bertz CT molecular complexity index is 1040. The van der Waals surface area contributed by atoms with Gasteiger partial charge >= 0.3 is 0 Å². The average Bonchev–Trinajstić information content (AvgIpc) is 3.40. The van der Waals surface area contributed by atoms with Crippen molar-refractivity contribution in [3.8, 4) is 11.3 Å². The van der Waals surface area contributed by atoms with E-state index in [9.17, 15) is 0 Å². The summed E-state index contributed by atoms with van der Waals surface area (Å²) in [4.78, 5) is 14.7. The molecule has 0 saturated carbocycles. The summed E-state index contributed by atoms with van der Waals surface area (Å²) in [6, 6.07) is 22.2. The van der Waals surface area contributed by atoms with Crippen molar-refractivity contribution in [2.24, 2.45) is 10.7 Å². The van der Waals surface area contributed by atoms with E-state index in [-0.39, 0.29) is 12.4 Å². The zero-order valence-corrected chi connectivity index (χ0v) is 17.4. The number of hydrogen-bond acceptors (Lipinski definition) is 4. The van der Waals surface area contributed by atoms with Crippen LogP contribution in [0.4, 0.5) is 5.69 Å². The van der Waals surface area contributed by atoms with E-state index in [4.69, 9.17) is 10.7 Å². The van der Waals surface area contributed by atoms with Gasteiger partial charge in [-0.05, 0) is 35.7 Å². The largest absolute Gasteiger partial charge is 0.383 e. The topological polar surface area (TPSA) is 67.1 Å². The molecule has 4 nitrogen and oxygen atoms in total. The van der Waals surface area contributed by atoms with Crippen molar-refractivity contribution in [1.29, 1.82) is 0 Å². The molecule has 0 aliphatic rings. The van der Waals surface area contributed by atoms with Crippen molar-refractivity contribution in [3.63, 3.8) is 0 Å². The molecule has 0 saturated heterocycles. The number of benzene rings is 2. The van der Waals surface area contributed by atoms with Crippen LogP contribution in [0.15, 0.2) is 88.2 Å². The van der Waals surface area contributed by atoms with Crippen LogP contribution in [0.25, 0.3) is 11.3 Å². The molecule has 4 rings (SSSR count). The van der Waals surface area contributed by atoms with Gasteiger partial charge in [-0.25, -0.2) is 9.98 Å². The van der Waals surface area contributed by atoms with Gasteiger partial charge in [0.25, 0.3) is 0 Å². The number of imidazole rings is 1. The van der Waals surface area contributed by atoms with Crippen LogP contribution in [-0.2, 0) is 5.75 Å². The lowest BCUT2D eigenvalue weighted by Crippen LogP contribution is -2.10. The lowest BCUT2D eigenvalue weighted by Gasteiger charge is -2.01. The van der Waals surface area contributed by atoms with Crippen LogP contribution in [-0.4, -0.2) is 15.8 Å². The molecule has 0 fully saturated rings. The summed E-state index contributed by atoms with van der Waals surface area (Å²) in [6.45, 7) is 0. The second-order valence-electron chi connectivity index (χ2n) is 5.86. The maximum atomic E-state index is 6.10. The minimum atomic E-state index is 0. The molecule has 0 aliphatic heterocycles. The van der Waals surface area contributed by atoms with E-state index in [0.717, 1.165) is 33.4 Å². The second kappa shape index (κ2) is 9.59. The zero-order chi connectivity index (χ0) is 18.5. The van der Waals surface area contributed by atoms with Gasteiger partial charge in [0.05, 0.1) is 22.0 Å². The van der Waals surface area contributed by atoms with Gasteiger partial charge in [0.15, 0.2) is 0 Å². The number of aliphatic imine (C=N–C) groups is 1. The maximum Gasteiger partial charge on any atom is 0.141 e. The van der Waals surface area contributed by atoms with Crippen molar-refractivity contribution in [1.82, 2.24) is 9.97 Å². The number of thiophene rings is 1. The number of nitrogens with one attached hydrogen (secondary N) is 1. The molecule has 3 N–H and O–H groups in total. The monoisotopic (exact) mass is 426 g/mol. The number of aromatic nitrogens is 2. The molecule has 2 heterocycles. The Balaban J connectivity index is 0.00000225. The van der Waals surface area contributed by atoms with Crippen molar-refractivity contribution >= 4 is 47.0 Å². The number of nitrogens with two attached hydrogens (primary N) is 1. The third kappa shape index (κ3) is 5.04. The minimum Gasteiger partial charge on any atom is -0.383 e. The lowest BCUT2D eigenvalue weighted by atomic mass is 10.1. The number of amidine groups is 1.